The molecule has 1 aliphatic heterocycles. The fourth-order valence-electron chi connectivity index (χ4n) is 3.50. The Kier molecular flexibility index (Phi) is 7.20. The monoisotopic (exact) mass is 421 g/mol. The van der Waals surface area contributed by atoms with Crippen molar-refractivity contribution in [3.05, 3.63) is 65.0 Å². The van der Waals surface area contributed by atoms with E-state index in [2.05, 4.69) is 10.2 Å². The molecule has 8 heteroatoms. The van der Waals surface area contributed by atoms with Crippen molar-refractivity contribution in [3.63, 3.8) is 0 Å². The molecule has 3 rings (SSSR count). The first-order chi connectivity index (χ1) is 14.4. The number of methoxy groups -OCH3 is 1. The molecule has 0 saturated carbocycles. The fraction of sp³-hybridized carbons (Fsp3) is 0.409. The third kappa shape index (κ3) is 5.66. The Balaban J connectivity index is 1.78. The van der Waals surface area contributed by atoms with Gasteiger partial charge in [-0.25, -0.2) is 18.0 Å². The summed E-state index contributed by atoms with van der Waals surface area (Å²) < 4.78 is 46.5. The molecule has 1 aliphatic rings. The number of carbonyl (C=O) groups is 1. The summed E-state index contributed by atoms with van der Waals surface area (Å²) in [4.78, 5) is 16.6. The number of benzene rings is 2. The smallest absolute Gasteiger partial charge is 0.318 e. The van der Waals surface area contributed by atoms with E-state index in [1.165, 1.54) is 30.2 Å². The molecule has 0 atom stereocenters. The van der Waals surface area contributed by atoms with Crippen molar-refractivity contribution in [2.45, 2.75) is 32.0 Å². The number of rotatable bonds is 6. The largest absolute Gasteiger partial charge is 0.494 e. The van der Waals surface area contributed by atoms with Crippen LogP contribution in [-0.4, -0.2) is 49.1 Å². The molecule has 1 fully saturated rings. The van der Waals surface area contributed by atoms with Crippen LogP contribution in [0.15, 0.2) is 36.4 Å². The van der Waals surface area contributed by atoms with Crippen LogP contribution in [0.3, 0.4) is 0 Å². The van der Waals surface area contributed by atoms with Crippen molar-refractivity contribution in [1.82, 2.24) is 15.1 Å². The summed E-state index contributed by atoms with van der Waals surface area (Å²) in [5, 5.41) is 2.99. The molecule has 1 heterocycles. The number of urea groups is 1. The van der Waals surface area contributed by atoms with Crippen LogP contribution >= 0.6 is 0 Å². The van der Waals surface area contributed by atoms with Gasteiger partial charge < -0.3 is 19.9 Å². The molecule has 2 aromatic rings. The summed E-state index contributed by atoms with van der Waals surface area (Å²) >= 11 is 0. The number of hydrogen-bond acceptors (Lipinski definition) is 3. The zero-order chi connectivity index (χ0) is 21.7. The highest BCUT2D eigenvalue weighted by Crippen LogP contribution is 2.21. The van der Waals surface area contributed by atoms with E-state index in [9.17, 15) is 18.0 Å². The highest BCUT2D eigenvalue weighted by Gasteiger charge is 2.23. The van der Waals surface area contributed by atoms with Gasteiger partial charge in [-0.3, -0.25) is 0 Å². The lowest BCUT2D eigenvalue weighted by molar-refractivity contribution is 0.175. The van der Waals surface area contributed by atoms with Crippen LogP contribution < -0.4 is 10.1 Å². The molecular weight excluding hydrogens is 395 g/mol. The van der Waals surface area contributed by atoms with Gasteiger partial charge in [0, 0.05) is 24.2 Å². The molecule has 5 nitrogen and oxygen atoms in total. The van der Waals surface area contributed by atoms with Crippen molar-refractivity contribution in [2.24, 2.45) is 0 Å². The van der Waals surface area contributed by atoms with Gasteiger partial charge in [0.15, 0.2) is 11.6 Å². The lowest BCUT2D eigenvalue weighted by Gasteiger charge is -2.32. The van der Waals surface area contributed by atoms with E-state index >= 15 is 0 Å². The third-order valence-electron chi connectivity index (χ3n) is 5.30. The van der Waals surface area contributed by atoms with E-state index in [-0.39, 0.29) is 36.5 Å². The normalized spacial score (nSPS) is 15.1. The number of ether oxygens (including phenoxy) is 1. The minimum Gasteiger partial charge on any atom is -0.494 e. The fourth-order valence-corrected chi connectivity index (χ4v) is 3.50. The Bertz CT molecular complexity index is 886. The Morgan fingerprint density at radius 3 is 2.47 bits per heavy atom. The van der Waals surface area contributed by atoms with E-state index in [1.807, 2.05) is 7.05 Å². The Labute approximate surface area is 174 Å². The van der Waals surface area contributed by atoms with Gasteiger partial charge in [-0.15, -0.1) is 0 Å². The van der Waals surface area contributed by atoms with Crippen LogP contribution in [0.25, 0.3) is 0 Å². The van der Waals surface area contributed by atoms with E-state index in [1.54, 1.807) is 6.07 Å². The van der Waals surface area contributed by atoms with Gasteiger partial charge in [-0.05, 0) is 56.7 Å². The van der Waals surface area contributed by atoms with Gasteiger partial charge in [0.1, 0.15) is 11.6 Å². The number of nitrogens with one attached hydrogen (secondary N) is 1. The summed E-state index contributed by atoms with van der Waals surface area (Å²) in [7, 11) is 3.40. The maximum Gasteiger partial charge on any atom is 0.318 e. The second-order valence-electron chi connectivity index (χ2n) is 7.59. The summed E-state index contributed by atoms with van der Waals surface area (Å²) in [6.07, 6.45) is 1.64. The number of halogens is 3. The number of likely N-dealkylation sites (tertiary alicyclic amines) is 1. The van der Waals surface area contributed by atoms with Crippen LogP contribution in [0.1, 0.15) is 24.0 Å². The maximum atomic E-state index is 14.2. The van der Waals surface area contributed by atoms with Crippen molar-refractivity contribution >= 4 is 6.03 Å². The molecule has 162 valence electrons. The van der Waals surface area contributed by atoms with Gasteiger partial charge in [0.05, 0.1) is 13.7 Å². The number of carbonyl (C=O) groups excluding carboxylic acids is 1. The predicted octanol–water partition coefficient (Wildman–Crippen LogP) is 3.92. The Hall–Kier alpha value is -2.74. The van der Waals surface area contributed by atoms with Crippen molar-refractivity contribution in [1.29, 1.82) is 0 Å². The summed E-state index contributed by atoms with van der Waals surface area (Å²) in [5.41, 5.74) is 0.721. The van der Waals surface area contributed by atoms with Gasteiger partial charge in [0.25, 0.3) is 0 Å². The average molecular weight is 421 g/mol. The molecule has 0 bridgehead atoms. The Morgan fingerprint density at radius 2 is 1.83 bits per heavy atom. The zero-order valence-electron chi connectivity index (χ0n) is 17.1. The van der Waals surface area contributed by atoms with Gasteiger partial charge >= 0.3 is 6.03 Å². The standard InChI is InChI=1S/C22H26F3N3O2/c1-27-9-7-18(8-10-27)26-22(29)28(14-16-4-5-17(23)12-19(16)24)13-15-3-6-21(30-2)20(25)11-15/h3-6,11-12,18H,7-10,13-14H2,1-2H3,(H,26,29). The highest BCUT2D eigenvalue weighted by atomic mass is 19.1. The molecule has 1 saturated heterocycles. The van der Waals surface area contributed by atoms with Crippen molar-refractivity contribution in [3.8, 4) is 5.75 Å². The molecule has 0 spiro atoms. The third-order valence-corrected chi connectivity index (χ3v) is 5.30. The number of amides is 2. The second-order valence-corrected chi connectivity index (χ2v) is 7.59. The number of nitrogens with zero attached hydrogens (tertiary/aromatic N) is 2. The maximum absolute atomic E-state index is 14.2. The molecule has 2 amide bonds. The first-order valence-corrected chi connectivity index (χ1v) is 9.86. The first kappa shape index (κ1) is 22.0. The van der Waals surface area contributed by atoms with Crippen LogP contribution in [-0.2, 0) is 13.1 Å². The molecule has 0 aliphatic carbocycles. The van der Waals surface area contributed by atoms with E-state index < -0.39 is 17.5 Å². The van der Waals surface area contributed by atoms with Gasteiger partial charge in [-0.2, -0.15) is 0 Å². The topological polar surface area (TPSA) is 44.8 Å². The molecule has 0 radical (unpaired) electrons. The number of hydrogen-bond donors (Lipinski definition) is 1. The highest BCUT2D eigenvalue weighted by molar-refractivity contribution is 5.74. The minimum absolute atomic E-state index is 0.0156. The summed E-state index contributed by atoms with van der Waals surface area (Å²) in [5.74, 6) is -1.85. The SMILES string of the molecule is COc1ccc(CN(Cc2ccc(F)cc2F)C(=O)NC2CCN(C)CC2)cc1F. The lowest BCUT2D eigenvalue weighted by atomic mass is 10.1. The predicted molar refractivity (Wildman–Crippen MR) is 108 cm³/mol. The van der Waals surface area contributed by atoms with Gasteiger partial charge in [0.2, 0.25) is 0 Å². The van der Waals surface area contributed by atoms with E-state index in [0.717, 1.165) is 38.1 Å². The Morgan fingerprint density at radius 1 is 1.10 bits per heavy atom. The van der Waals surface area contributed by atoms with Crippen LogP contribution in [0, 0.1) is 17.5 Å². The molecule has 0 aromatic heterocycles. The average Bonchev–Trinajstić information content (AvgIpc) is 2.71. The molecule has 2 aromatic carbocycles. The van der Waals surface area contributed by atoms with Gasteiger partial charge in [-0.1, -0.05) is 12.1 Å². The molecule has 30 heavy (non-hydrogen) atoms. The molecule has 1 N–H and O–H groups in total. The van der Waals surface area contributed by atoms with Crippen LogP contribution in [0.4, 0.5) is 18.0 Å². The van der Waals surface area contributed by atoms with Crippen molar-refractivity contribution < 1.29 is 22.7 Å². The zero-order valence-corrected chi connectivity index (χ0v) is 17.1. The van der Waals surface area contributed by atoms with Crippen LogP contribution in [0.2, 0.25) is 0 Å². The summed E-state index contributed by atoms with van der Waals surface area (Å²) in [6.45, 7) is 1.75. The van der Waals surface area contributed by atoms with E-state index in [4.69, 9.17) is 4.74 Å². The summed E-state index contributed by atoms with van der Waals surface area (Å²) in [6, 6.07) is 7.32. The number of piperidine rings is 1. The lowest BCUT2D eigenvalue weighted by Crippen LogP contribution is -2.48. The second kappa shape index (κ2) is 9.84. The molecular formula is C22H26F3N3O2. The molecule has 0 unspecified atom stereocenters. The first-order valence-electron chi connectivity index (χ1n) is 9.86. The quantitative estimate of drug-likeness (QED) is 0.769. The van der Waals surface area contributed by atoms with E-state index in [0.29, 0.717) is 5.56 Å². The van der Waals surface area contributed by atoms with Crippen molar-refractivity contribution in [2.75, 3.05) is 27.2 Å². The van der Waals surface area contributed by atoms with Crippen LogP contribution in [0.5, 0.6) is 5.75 Å². The minimum atomic E-state index is -0.729.